The third-order valence-corrected chi connectivity index (χ3v) is 6.84. The fraction of sp³-hybridized carbons (Fsp3) is 0.438. The van der Waals surface area contributed by atoms with Crippen LogP contribution in [-0.4, -0.2) is 0 Å². The summed E-state index contributed by atoms with van der Waals surface area (Å²) in [5, 5.41) is 0. The van der Waals surface area contributed by atoms with Crippen LogP contribution in [-0.2, 0) is 0 Å². The third-order valence-electron chi connectivity index (χ3n) is 6.84. The van der Waals surface area contributed by atoms with Crippen LogP contribution in [0, 0.1) is 13.8 Å². The third kappa shape index (κ3) is 4.56. The molecule has 0 unspecified atom stereocenters. The zero-order chi connectivity index (χ0) is 23.7. The first-order valence-corrected chi connectivity index (χ1v) is 12.4. The van der Waals surface area contributed by atoms with E-state index in [0.29, 0.717) is 23.7 Å². The van der Waals surface area contributed by atoms with Crippen molar-refractivity contribution < 1.29 is 0 Å². The molecule has 0 aliphatic heterocycles. The van der Waals surface area contributed by atoms with Crippen molar-refractivity contribution in [2.45, 2.75) is 92.9 Å². The Balaban J connectivity index is 2.44. The molecular weight excluding hydrogens is 384 g/mol. The van der Waals surface area contributed by atoms with Gasteiger partial charge in [-0.25, -0.2) is 0 Å². The van der Waals surface area contributed by atoms with Crippen molar-refractivity contribution in [1.29, 1.82) is 0 Å². The summed E-state index contributed by atoms with van der Waals surface area (Å²) in [7, 11) is 0. The highest BCUT2D eigenvalue weighted by Gasteiger charge is 2.22. The van der Waals surface area contributed by atoms with Crippen LogP contribution < -0.4 is 0 Å². The molecule has 0 saturated heterocycles. The van der Waals surface area contributed by atoms with Gasteiger partial charge in [0.05, 0.1) is 0 Å². The predicted molar refractivity (Wildman–Crippen MR) is 143 cm³/mol. The van der Waals surface area contributed by atoms with Crippen LogP contribution in [0.1, 0.15) is 112 Å². The first-order valence-electron chi connectivity index (χ1n) is 12.4. The van der Waals surface area contributed by atoms with Crippen molar-refractivity contribution in [2.75, 3.05) is 0 Å². The van der Waals surface area contributed by atoms with Crippen molar-refractivity contribution >= 4 is 0 Å². The van der Waals surface area contributed by atoms with E-state index in [4.69, 9.17) is 0 Å². The normalized spacial score (nSPS) is 11.9. The Morgan fingerprint density at radius 2 is 0.750 bits per heavy atom. The van der Waals surface area contributed by atoms with Gasteiger partial charge in [0.25, 0.3) is 0 Å². The molecule has 3 aromatic rings. The Hall–Kier alpha value is -2.34. The highest BCUT2D eigenvalue weighted by Crippen LogP contribution is 2.44. The number of benzene rings is 3. The van der Waals surface area contributed by atoms with Gasteiger partial charge < -0.3 is 0 Å². The van der Waals surface area contributed by atoms with Gasteiger partial charge in [-0.1, -0.05) is 104 Å². The number of rotatable bonds is 6. The van der Waals surface area contributed by atoms with Gasteiger partial charge in [0.2, 0.25) is 0 Å². The number of aryl methyl sites for hydroxylation is 1. The molecule has 0 amide bonds. The summed E-state index contributed by atoms with van der Waals surface area (Å²) in [5.74, 6) is 1.95. The molecule has 0 spiro atoms. The van der Waals surface area contributed by atoms with Gasteiger partial charge in [-0.3, -0.25) is 0 Å². The number of hydrogen-bond acceptors (Lipinski definition) is 0. The molecule has 0 atom stereocenters. The molecule has 32 heavy (non-hydrogen) atoms. The molecule has 0 aliphatic rings. The van der Waals surface area contributed by atoms with Crippen molar-refractivity contribution in [2.24, 2.45) is 0 Å². The maximum atomic E-state index is 2.42. The highest BCUT2D eigenvalue weighted by molar-refractivity contribution is 5.85. The Kier molecular flexibility index (Phi) is 7.33. The number of hydrogen-bond donors (Lipinski definition) is 0. The summed E-state index contributed by atoms with van der Waals surface area (Å²) in [6, 6.07) is 18.6. The van der Waals surface area contributed by atoms with Gasteiger partial charge in [0, 0.05) is 0 Å². The molecule has 3 aromatic carbocycles. The van der Waals surface area contributed by atoms with Crippen LogP contribution >= 0.6 is 0 Å². The Morgan fingerprint density at radius 1 is 0.469 bits per heavy atom. The minimum atomic E-state index is 0.487. The lowest BCUT2D eigenvalue weighted by Gasteiger charge is -2.26. The molecule has 3 rings (SSSR count). The molecule has 0 aliphatic carbocycles. The quantitative estimate of drug-likeness (QED) is 0.368. The Labute approximate surface area is 197 Å². The first-order chi connectivity index (χ1) is 15.0. The standard InChI is InChI=1S/C32H42/c1-19(2)25-13-11-14-26(20(3)4)31(25)29-17-23(9)18-30(24(29)10)32-27(21(5)6)15-12-16-28(32)22(7)8/h11-22H,1-10H3. The fourth-order valence-electron chi connectivity index (χ4n) is 5.10. The van der Waals surface area contributed by atoms with Crippen LogP contribution in [0.4, 0.5) is 0 Å². The minimum absolute atomic E-state index is 0.487. The molecule has 0 nitrogen and oxygen atoms in total. The molecule has 0 heterocycles. The van der Waals surface area contributed by atoms with Crippen molar-refractivity contribution in [3.05, 3.63) is 81.9 Å². The van der Waals surface area contributed by atoms with Crippen LogP contribution in [0.5, 0.6) is 0 Å². The predicted octanol–water partition coefficient (Wildman–Crippen LogP) is 10.1. The molecule has 0 fully saturated rings. The fourth-order valence-corrected chi connectivity index (χ4v) is 5.10. The molecule has 0 N–H and O–H groups in total. The van der Waals surface area contributed by atoms with E-state index in [2.05, 4.69) is 118 Å². The van der Waals surface area contributed by atoms with Gasteiger partial charge in [0.15, 0.2) is 0 Å². The summed E-state index contributed by atoms with van der Waals surface area (Å²) in [5.41, 5.74) is 14.3. The van der Waals surface area contributed by atoms with E-state index >= 15 is 0 Å². The molecule has 0 aromatic heterocycles. The zero-order valence-electron chi connectivity index (χ0n) is 21.9. The second kappa shape index (κ2) is 9.65. The lowest BCUT2D eigenvalue weighted by Crippen LogP contribution is -2.04. The van der Waals surface area contributed by atoms with Crippen molar-refractivity contribution in [1.82, 2.24) is 0 Å². The Morgan fingerprint density at radius 3 is 1.00 bits per heavy atom. The first kappa shape index (κ1) is 24.3. The lowest BCUT2D eigenvalue weighted by molar-refractivity contribution is 0.836. The molecule has 0 bridgehead atoms. The van der Waals surface area contributed by atoms with Gasteiger partial charge in [0.1, 0.15) is 0 Å². The molecule has 0 heteroatoms. The average molecular weight is 427 g/mol. The summed E-state index contributed by atoms with van der Waals surface area (Å²) in [6.45, 7) is 23.2. The van der Waals surface area contributed by atoms with Gasteiger partial charge in [-0.05, 0) is 93.2 Å². The van der Waals surface area contributed by atoms with E-state index in [0.717, 1.165) is 0 Å². The Bertz CT molecular complexity index is 956. The molecule has 0 radical (unpaired) electrons. The van der Waals surface area contributed by atoms with Crippen LogP contribution in [0.3, 0.4) is 0 Å². The van der Waals surface area contributed by atoms with E-state index in [1.807, 2.05) is 0 Å². The summed E-state index contributed by atoms with van der Waals surface area (Å²) in [4.78, 5) is 0. The van der Waals surface area contributed by atoms with E-state index in [1.54, 1.807) is 0 Å². The van der Waals surface area contributed by atoms with Crippen molar-refractivity contribution in [3.63, 3.8) is 0 Å². The van der Waals surface area contributed by atoms with Crippen LogP contribution in [0.2, 0.25) is 0 Å². The van der Waals surface area contributed by atoms with Crippen molar-refractivity contribution in [3.8, 4) is 22.3 Å². The topological polar surface area (TPSA) is 0 Å². The van der Waals surface area contributed by atoms with E-state index < -0.39 is 0 Å². The lowest BCUT2D eigenvalue weighted by atomic mass is 9.79. The molecule has 170 valence electrons. The van der Waals surface area contributed by atoms with Crippen LogP contribution in [0.15, 0.2) is 48.5 Å². The monoisotopic (exact) mass is 426 g/mol. The van der Waals surface area contributed by atoms with E-state index in [9.17, 15) is 0 Å². The van der Waals surface area contributed by atoms with E-state index in [-0.39, 0.29) is 0 Å². The maximum absolute atomic E-state index is 2.42. The van der Waals surface area contributed by atoms with Gasteiger partial charge >= 0.3 is 0 Å². The zero-order valence-corrected chi connectivity index (χ0v) is 21.9. The van der Waals surface area contributed by atoms with E-state index in [1.165, 1.54) is 55.6 Å². The molecule has 0 saturated carbocycles. The second-order valence-electron chi connectivity index (χ2n) is 10.7. The van der Waals surface area contributed by atoms with Crippen LogP contribution in [0.25, 0.3) is 22.3 Å². The summed E-state index contributed by atoms with van der Waals surface area (Å²) >= 11 is 0. The minimum Gasteiger partial charge on any atom is -0.0617 e. The highest BCUT2D eigenvalue weighted by atomic mass is 14.3. The SMILES string of the molecule is Cc1cc(-c2c(C(C)C)cccc2C(C)C)c(C)c(-c2c(C(C)C)cccc2C(C)C)c1. The summed E-state index contributed by atoms with van der Waals surface area (Å²) < 4.78 is 0. The maximum Gasteiger partial charge on any atom is -0.0112 e. The largest absolute Gasteiger partial charge is 0.0617 e. The second-order valence-corrected chi connectivity index (χ2v) is 10.7. The smallest absolute Gasteiger partial charge is 0.0112 e. The average Bonchev–Trinajstić information content (AvgIpc) is 2.73. The van der Waals surface area contributed by atoms with Gasteiger partial charge in [-0.15, -0.1) is 0 Å². The molecular formula is C32H42. The van der Waals surface area contributed by atoms with Gasteiger partial charge in [-0.2, -0.15) is 0 Å². The summed E-state index contributed by atoms with van der Waals surface area (Å²) in [6.07, 6.45) is 0.